The van der Waals surface area contributed by atoms with E-state index in [1.165, 1.54) is 11.3 Å². The lowest BCUT2D eigenvalue weighted by Gasteiger charge is -2.17. The fraction of sp³-hybridized carbons (Fsp3) is 0.190. The van der Waals surface area contributed by atoms with E-state index in [9.17, 15) is 10.1 Å². The molecule has 0 unspecified atom stereocenters. The minimum atomic E-state index is -0.448. The number of rotatable bonds is 4. The van der Waals surface area contributed by atoms with Crippen molar-refractivity contribution in [1.29, 1.82) is 5.26 Å². The number of benzene rings is 1. The topological polar surface area (TPSA) is 78.9 Å². The van der Waals surface area contributed by atoms with Crippen LogP contribution in [0, 0.1) is 16.7 Å². The molecule has 0 spiro atoms. The second-order valence-corrected chi connectivity index (χ2v) is 7.86. The van der Waals surface area contributed by atoms with Crippen molar-refractivity contribution >= 4 is 34.6 Å². The highest BCUT2D eigenvalue weighted by molar-refractivity contribution is 7.11. The van der Waals surface area contributed by atoms with Crippen LogP contribution in [0.15, 0.2) is 52.5 Å². The highest BCUT2D eigenvalue weighted by Gasteiger charge is 2.21. The Bertz CT molecular complexity index is 1000. The lowest BCUT2D eigenvalue weighted by Crippen LogP contribution is -2.27. The minimum Gasteiger partial charge on any atom is -0.465 e. The van der Waals surface area contributed by atoms with Crippen LogP contribution in [0.25, 0.3) is 22.9 Å². The van der Waals surface area contributed by atoms with Gasteiger partial charge in [0.1, 0.15) is 16.8 Å². The van der Waals surface area contributed by atoms with Crippen LogP contribution in [-0.4, -0.2) is 10.9 Å². The second-order valence-electron chi connectivity index (χ2n) is 7.00. The zero-order valence-electron chi connectivity index (χ0n) is 15.3. The number of hydrogen-bond donors (Lipinski definition) is 1. The number of carbonyl (C=O) groups is 1. The molecule has 0 bridgehead atoms. The van der Waals surface area contributed by atoms with Gasteiger partial charge >= 0.3 is 0 Å². The van der Waals surface area contributed by atoms with Crippen molar-refractivity contribution in [3.63, 3.8) is 0 Å². The molecule has 1 amide bonds. The molecule has 0 radical (unpaired) electrons. The normalized spacial score (nSPS) is 11.9. The van der Waals surface area contributed by atoms with Crippen molar-refractivity contribution in [2.24, 2.45) is 5.41 Å². The summed E-state index contributed by atoms with van der Waals surface area (Å²) in [5.41, 5.74) is 2.45. The third-order valence-electron chi connectivity index (χ3n) is 3.80. The monoisotopic (exact) mass is 377 g/mol. The van der Waals surface area contributed by atoms with E-state index >= 15 is 0 Å². The number of carbonyl (C=O) groups excluding carboxylic acids is 1. The van der Waals surface area contributed by atoms with E-state index in [0.29, 0.717) is 16.3 Å². The molecule has 0 aliphatic rings. The van der Waals surface area contributed by atoms with E-state index in [4.69, 9.17) is 4.42 Å². The zero-order chi connectivity index (χ0) is 19.4. The molecule has 0 aliphatic carbocycles. The Hall–Kier alpha value is -3.17. The van der Waals surface area contributed by atoms with Gasteiger partial charge in [-0.2, -0.15) is 5.26 Å². The van der Waals surface area contributed by atoms with E-state index in [-0.39, 0.29) is 5.91 Å². The largest absolute Gasteiger partial charge is 0.465 e. The molecular weight excluding hydrogens is 358 g/mol. The van der Waals surface area contributed by atoms with Gasteiger partial charge in [-0.25, -0.2) is 4.98 Å². The van der Waals surface area contributed by atoms with Gasteiger partial charge in [0.05, 0.1) is 17.5 Å². The highest BCUT2D eigenvalue weighted by atomic mass is 32.1. The maximum atomic E-state index is 12.1. The molecular formula is C21H19N3O2S. The van der Waals surface area contributed by atoms with Crippen LogP contribution in [0.3, 0.4) is 0 Å². The summed E-state index contributed by atoms with van der Waals surface area (Å²) in [7, 11) is 0. The first kappa shape index (κ1) is 18.6. The van der Waals surface area contributed by atoms with Crippen LogP contribution in [0.1, 0.15) is 31.5 Å². The van der Waals surface area contributed by atoms with Gasteiger partial charge in [0.15, 0.2) is 0 Å². The quantitative estimate of drug-likeness (QED) is 0.613. The molecule has 3 rings (SSSR count). The number of hydrogen-bond acceptors (Lipinski definition) is 5. The van der Waals surface area contributed by atoms with Crippen LogP contribution in [-0.2, 0) is 4.79 Å². The smallest absolute Gasteiger partial charge is 0.229 e. The number of furan rings is 1. The number of nitrogens with zero attached hydrogens (tertiary/aromatic N) is 2. The van der Waals surface area contributed by atoms with Crippen molar-refractivity contribution in [3.8, 4) is 17.3 Å². The van der Waals surface area contributed by atoms with Crippen molar-refractivity contribution in [2.45, 2.75) is 20.8 Å². The molecule has 3 aromatic rings. The third kappa shape index (κ3) is 4.52. The Labute approximate surface area is 162 Å². The maximum absolute atomic E-state index is 12.1. The maximum Gasteiger partial charge on any atom is 0.229 e. The average molecular weight is 377 g/mol. The van der Waals surface area contributed by atoms with Crippen LogP contribution < -0.4 is 5.32 Å². The van der Waals surface area contributed by atoms with Crippen LogP contribution >= 0.6 is 11.3 Å². The molecule has 1 N–H and O–H groups in total. The summed E-state index contributed by atoms with van der Waals surface area (Å²) >= 11 is 1.40. The summed E-state index contributed by atoms with van der Waals surface area (Å²) in [6, 6.07) is 13.2. The third-order valence-corrected chi connectivity index (χ3v) is 4.68. The first-order valence-corrected chi connectivity index (χ1v) is 9.28. The van der Waals surface area contributed by atoms with Crippen molar-refractivity contribution in [3.05, 3.63) is 58.8 Å². The molecule has 0 aliphatic heterocycles. The minimum absolute atomic E-state index is 0.0343. The van der Waals surface area contributed by atoms with E-state index in [0.717, 1.165) is 16.9 Å². The summed E-state index contributed by atoms with van der Waals surface area (Å²) in [6.07, 6.45) is 3.24. The van der Waals surface area contributed by atoms with Gasteiger partial charge < -0.3 is 9.73 Å². The molecule has 27 heavy (non-hydrogen) atoms. The molecule has 6 heteroatoms. The summed E-state index contributed by atoms with van der Waals surface area (Å²) in [6.45, 7) is 5.61. The Morgan fingerprint density at radius 2 is 2.00 bits per heavy atom. The molecule has 136 valence electrons. The number of anilines is 1. The average Bonchev–Trinajstić information content (AvgIpc) is 3.31. The molecule has 0 saturated heterocycles. The fourth-order valence-electron chi connectivity index (χ4n) is 2.23. The summed E-state index contributed by atoms with van der Waals surface area (Å²) in [5, 5.41) is 14.9. The molecule has 2 heterocycles. The number of aromatic nitrogens is 1. The Morgan fingerprint density at radius 1 is 1.26 bits per heavy atom. The number of amides is 1. The van der Waals surface area contributed by atoms with Crippen molar-refractivity contribution in [2.75, 3.05) is 5.32 Å². The lowest BCUT2D eigenvalue weighted by atomic mass is 9.95. The predicted octanol–water partition coefficient (Wildman–Crippen LogP) is 5.45. The Balaban J connectivity index is 1.78. The lowest BCUT2D eigenvalue weighted by molar-refractivity contribution is -0.123. The van der Waals surface area contributed by atoms with E-state index in [2.05, 4.69) is 16.4 Å². The molecule has 0 saturated carbocycles. The molecule has 0 fully saturated rings. The molecule has 2 aromatic heterocycles. The molecule has 0 atom stereocenters. The van der Waals surface area contributed by atoms with Gasteiger partial charge in [-0.3, -0.25) is 4.79 Å². The standard InChI is InChI=1S/C21H19N3O2S/c1-21(2,3)20(25)23-16-8-6-14(7-9-16)18-13-27-19(24-18)15(12-22)11-17-5-4-10-26-17/h4-11,13H,1-3H3,(H,23,25)/b15-11+. The first-order chi connectivity index (χ1) is 12.9. The van der Waals surface area contributed by atoms with Crippen molar-refractivity contribution in [1.82, 2.24) is 4.98 Å². The van der Waals surface area contributed by atoms with Gasteiger partial charge in [-0.1, -0.05) is 32.9 Å². The van der Waals surface area contributed by atoms with Crippen LogP contribution in [0.2, 0.25) is 0 Å². The highest BCUT2D eigenvalue weighted by Crippen LogP contribution is 2.28. The summed E-state index contributed by atoms with van der Waals surface area (Å²) in [4.78, 5) is 16.6. The van der Waals surface area contributed by atoms with E-state index < -0.39 is 5.41 Å². The van der Waals surface area contributed by atoms with Crippen LogP contribution in [0.4, 0.5) is 5.69 Å². The zero-order valence-corrected chi connectivity index (χ0v) is 16.1. The number of nitriles is 1. The number of thiazole rings is 1. The first-order valence-electron chi connectivity index (χ1n) is 8.40. The van der Waals surface area contributed by atoms with Gasteiger partial charge in [0, 0.05) is 28.1 Å². The molecule has 5 nitrogen and oxygen atoms in total. The van der Waals surface area contributed by atoms with Gasteiger partial charge in [0.25, 0.3) is 0 Å². The predicted molar refractivity (Wildman–Crippen MR) is 108 cm³/mol. The second kappa shape index (κ2) is 7.60. The fourth-order valence-corrected chi connectivity index (χ4v) is 3.03. The van der Waals surface area contributed by atoms with Crippen molar-refractivity contribution < 1.29 is 9.21 Å². The Kier molecular flexibility index (Phi) is 5.24. The SMILES string of the molecule is CC(C)(C)C(=O)Nc1ccc(-c2csc(/C(C#N)=C/c3ccco3)n2)cc1. The summed E-state index contributed by atoms with van der Waals surface area (Å²) in [5.74, 6) is 0.579. The van der Waals surface area contributed by atoms with Gasteiger partial charge in [-0.15, -0.1) is 11.3 Å². The van der Waals surface area contributed by atoms with E-state index in [1.807, 2.05) is 50.4 Å². The molecule has 1 aromatic carbocycles. The van der Waals surface area contributed by atoms with Gasteiger partial charge in [-0.05, 0) is 24.3 Å². The van der Waals surface area contributed by atoms with E-state index in [1.54, 1.807) is 24.5 Å². The summed E-state index contributed by atoms with van der Waals surface area (Å²) < 4.78 is 5.26. The van der Waals surface area contributed by atoms with Crippen LogP contribution in [0.5, 0.6) is 0 Å². The Morgan fingerprint density at radius 3 is 2.59 bits per heavy atom. The number of allylic oxidation sites excluding steroid dienone is 1. The number of nitrogens with one attached hydrogen (secondary N) is 1. The van der Waals surface area contributed by atoms with Gasteiger partial charge in [0.2, 0.25) is 5.91 Å².